The molecule has 0 spiro atoms. The second kappa shape index (κ2) is 5.04. The number of hydrogen-bond acceptors (Lipinski definition) is 2. The van der Waals surface area contributed by atoms with E-state index >= 15 is 0 Å². The third-order valence-electron chi connectivity index (χ3n) is 1.20. The molecule has 2 N–H and O–H groups in total. The van der Waals surface area contributed by atoms with Crippen molar-refractivity contribution in [3.05, 3.63) is 12.7 Å². The Morgan fingerprint density at radius 1 is 1.60 bits per heavy atom. The first-order chi connectivity index (χ1) is 4.72. The fraction of sp³-hybridized carbons (Fsp3) is 0.500. The number of allylic oxidation sites excluding steroid dienone is 1. The van der Waals surface area contributed by atoms with Crippen LogP contribution in [0.3, 0.4) is 0 Å². The average molecular weight is 140 g/mol. The van der Waals surface area contributed by atoms with Crippen LogP contribution in [-0.2, 0) is 0 Å². The smallest absolute Gasteiger partial charge is 0.140 e. The van der Waals surface area contributed by atoms with E-state index in [0.717, 1.165) is 0 Å². The fourth-order valence-electron chi connectivity index (χ4n) is 0.558. The van der Waals surface area contributed by atoms with Crippen molar-refractivity contribution in [1.82, 2.24) is 0 Å². The molecule has 0 aromatic rings. The van der Waals surface area contributed by atoms with Gasteiger partial charge in [-0.2, -0.15) is 0 Å². The Kier molecular flexibility index (Phi) is 4.65. The van der Waals surface area contributed by atoms with Crippen molar-refractivity contribution in [1.29, 1.82) is 0 Å². The minimum atomic E-state index is -1.04. The molecule has 0 saturated heterocycles. The summed E-state index contributed by atoms with van der Waals surface area (Å²) in [6.45, 7) is 3.47. The highest BCUT2D eigenvalue weighted by molar-refractivity contribution is 4.97. The van der Waals surface area contributed by atoms with Gasteiger partial charge in [-0.25, -0.2) is 0 Å². The standard InChI is InChI=1S/C8H12O2/c1-3-5-6-8(10)7(9)4-2/h2-3,7-10H,1,5-6H2/t7-,8-/m0/s1. The van der Waals surface area contributed by atoms with E-state index in [1.807, 2.05) is 5.92 Å². The van der Waals surface area contributed by atoms with E-state index in [4.69, 9.17) is 16.6 Å². The molecule has 2 nitrogen and oxygen atoms in total. The van der Waals surface area contributed by atoms with Crippen LogP contribution >= 0.6 is 0 Å². The van der Waals surface area contributed by atoms with Crippen LogP contribution in [0, 0.1) is 12.3 Å². The SMILES string of the molecule is C#C[C@H](O)[C@@H](O)CCC=C. The van der Waals surface area contributed by atoms with Gasteiger partial charge in [0, 0.05) is 0 Å². The summed E-state index contributed by atoms with van der Waals surface area (Å²) in [5.41, 5.74) is 0. The van der Waals surface area contributed by atoms with Gasteiger partial charge in [0.1, 0.15) is 6.10 Å². The molecule has 0 rings (SSSR count). The quantitative estimate of drug-likeness (QED) is 0.436. The summed E-state index contributed by atoms with van der Waals surface area (Å²) in [5, 5.41) is 17.8. The van der Waals surface area contributed by atoms with Gasteiger partial charge in [-0.15, -0.1) is 13.0 Å². The predicted octanol–water partition coefficient (Wildman–Crippen LogP) is 0.308. The predicted molar refractivity (Wildman–Crippen MR) is 40.3 cm³/mol. The molecule has 0 aromatic heterocycles. The molecule has 0 aliphatic heterocycles. The summed E-state index contributed by atoms with van der Waals surface area (Å²) in [5.74, 6) is 2.04. The summed E-state index contributed by atoms with van der Waals surface area (Å²) in [4.78, 5) is 0. The third-order valence-corrected chi connectivity index (χ3v) is 1.20. The second-order valence-electron chi connectivity index (χ2n) is 2.04. The van der Waals surface area contributed by atoms with Crippen LogP contribution in [0.1, 0.15) is 12.8 Å². The van der Waals surface area contributed by atoms with Crippen molar-refractivity contribution in [2.45, 2.75) is 25.0 Å². The molecule has 2 atom stereocenters. The van der Waals surface area contributed by atoms with Gasteiger partial charge in [0.25, 0.3) is 0 Å². The lowest BCUT2D eigenvalue weighted by Gasteiger charge is -2.10. The molecule has 2 heteroatoms. The van der Waals surface area contributed by atoms with Gasteiger partial charge < -0.3 is 10.2 Å². The Hall–Kier alpha value is -0.780. The van der Waals surface area contributed by atoms with Crippen molar-refractivity contribution in [3.63, 3.8) is 0 Å². The number of aliphatic hydroxyl groups excluding tert-OH is 2. The molecule has 0 heterocycles. The molecule has 0 aliphatic rings. The molecule has 0 fully saturated rings. The monoisotopic (exact) mass is 140 g/mol. The van der Waals surface area contributed by atoms with Gasteiger partial charge in [-0.05, 0) is 12.8 Å². The number of hydrogen-bond donors (Lipinski definition) is 2. The fourth-order valence-corrected chi connectivity index (χ4v) is 0.558. The molecule has 10 heavy (non-hydrogen) atoms. The van der Waals surface area contributed by atoms with Crippen molar-refractivity contribution in [2.75, 3.05) is 0 Å². The number of rotatable bonds is 4. The molecule has 0 radical (unpaired) electrons. The first-order valence-corrected chi connectivity index (χ1v) is 3.15. The van der Waals surface area contributed by atoms with E-state index < -0.39 is 12.2 Å². The Morgan fingerprint density at radius 3 is 2.60 bits per heavy atom. The van der Waals surface area contributed by atoms with Crippen molar-refractivity contribution >= 4 is 0 Å². The highest BCUT2D eigenvalue weighted by atomic mass is 16.3. The summed E-state index contributed by atoms with van der Waals surface area (Å²) >= 11 is 0. The maximum atomic E-state index is 9.01. The van der Waals surface area contributed by atoms with Crippen LogP contribution in [0.4, 0.5) is 0 Å². The molecule has 0 aliphatic carbocycles. The molecular formula is C8H12O2. The molecule has 0 aromatic carbocycles. The van der Waals surface area contributed by atoms with Crippen LogP contribution < -0.4 is 0 Å². The molecule has 56 valence electrons. The van der Waals surface area contributed by atoms with Gasteiger partial charge in [-0.3, -0.25) is 0 Å². The van der Waals surface area contributed by atoms with Crippen molar-refractivity contribution in [2.24, 2.45) is 0 Å². The first-order valence-electron chi connectivity index (χ1n) is 3.15. The summed E-state index contributed by atoms with van der Waals surface area (Å²) < 4.78 is 0. The second-order valence-corrected chi connectivity index (χ2v) is 2.04. The molecule has 0 bridgehead atoms. The molecular weight excluding hydrogens is 128 g/mol. The van der Waals surface area contributed by atoms with Gasteiger partial charge in [0.05, 0.1) is 6.10 Å². The largest absolute Gasteiger partial charge is 0.389 e. The lowest BCUT2D eigenvalue weighted by molar-refractivity contribution is 0.0495. The Labute approximate surface area is 61.2 Å². The Morgan fingerprint density at radius 2 is 2.20 bits per heavy atom. The van der Waals surface area contributed by atoms with Gasteiger partial charge in [0.15, 0.2) is 0 Å². The minimum absolute atomic E-state index is 0.467. The average Bonchev–Trinajstić information content (AvgIpc) is 1.98. The van der Waals surface area contributed by atoms with Gasteiger partial charge in [-0.1, -0.05) is 12.0 Å². The number of terminal acetylenes is 1. The van der Waals surface area contributed by atoms with E-state index in [2.05, 4.69) is 6.58 Å². The zero-order chi connectivity index (χ0) is 7.98. The van der Waals surface area contributed by atoms with Gasteiger partial charge in [0.2, 0.25) is 0 Å². The van der Waals surface area contributed by atoms with Crippen LogP contribution in [0.15, 0.2) is 12.7 Å². The van der Waals surface area contributed by atoms with Crippen molar-refractivity contribution in [3.8, 4) is 12.3 Å². The van der Waals surface area contributed by atoms with Crippen molar-refractivity contribution < 1.29 is 10.2 Å². The van der Waals surface area contributed by atoms with E-state index in [-0.39, 0.29) is 0 Å². The molecule has 0 amide bonds. The zero-order valence-electron chi connectivity index (χ0n) is 5.83. The minimum Gasteiger partial charge on any atom is -0.389 e. The van der Waals surface area contributed by atoms with Crippen LogP contribution in [0.25, 0.3) is 0 Å². The lowest BCUT2D eigenvalue weighted by Crippen LogP contribution is -2.23. The topological polar surface area (TPSA) is 40.5 Å². The maximum Gasteiger partial charge on any atom is 0.140 e. The van der Waals surface area contributed by atoms with Crippen LogP contribution in [0.2, 0.25) is 0 Å². The summed E-state index contributed by atoms with van der Waals surface area (Å²) in [6.07, 6.45) is 5.81. The maximum absolute atomic E-state index is 9.01. The van der Waals surface area contributed by atoms with Crippen LogP contribution in [-0.4, -0.2) is 22.4 Å². The Bertz CT molecular complexity index is 135. The normalized spacial score (nSPS) is 15.3. The summed E-state index contributed by atoms with van der Waals surface area (Å²) in [7, 11) is 0. The summed E-state index contributed by atoms with van der Waals surface area (Å²) in [6, 6.07) is 0. The zero-order valence-corrected chi connectivity index (χ0v) is 5.83. The number of aliphatic hydroxyl groups is 2. The highest BCUT2D eigenvalue weighted by Crippen LogP contribution is 2.01. The highest BCUT2D eigenvalue weighted by Gasteiger charge is 2.10. The van der Waals surface area contributed by atoms with E-state index in [1.54, 1.807) is 6.08 Å². The Balaban J connectivity index is 3.52. The third kappa shape index (κ3) is 3.29. The molecule has 0 saturated carbocycles. The van der Waals surface area contributed by atoms with Crippen LogP contribution in [0.5, 0.6) is 0 Å². The van der Waals surface area contributed by atoms with E-state index in [1.165, 1.54) is 0 Å². The lowest BCUT2D eigenvalue weighted by atomic mass is 10.1. The molecule has 0 unspecified atom stereocenters. The van der Waals surface area contributed by atoms with Gasteiger partial charge >= 0.3 is 0 Å². The van der Waals surface area contributed by atoms with E-state index in [9.17, 15) is 0 Å². The first kappa shape index (κ1) is 9.22. The van der Waals surface area contributed by atoms with E-state index in [0.29, 0.717) is 12.8 Å².